The Morgan fingerprint density at radius 2 is 1.82 bits per heavy atom. The molecule has 1 amide bonds. The van der Waals surface area contributed by atoms with Gasteiger partial charge in [-0.25, -0.2) is 23.7 Å². The molecule has 15 nitrogen and oxygen atoms in total. The van der Waals surface area contributed by atoms with Gasteiger partial charge in [0.2, 0.25) is 17.7 Å². The van der Waals surface area contributed by atoms with Crippen molar-refractivity contribution in [2.24, 2.45) is 0 Å². The molecule has 0 bridgehead atoms. The molecule has 1 fully saturated rings. The summed E-state index contributed by atoms with van der Waals surface area (Å²) in [6, 6.07) is 11.3. The van der Waals surface area contributed by atoms with Gasteiger partial charge in [-0.05, 0) is 55.1 Å². The number of nitrogens with zero attached hydrogens (tertiary/aromatic N) is 9. The lowest BCUT2D eigenvalue weighted by atomic mass is 10.2. The van der Waals surface area contributed by atoms with E-state index in [1.54, 1.807) is 12.2 Å². The van der Waals surface area contributed by atoms with Crippen LogP contribution in [0.15, 0.2) is 72.1 Å². The lowest BCUT2D eigenvalue weighted by molar-refractivity contribution is 0.0955. The van der Waals surface area contributed by atoms with Gasteiger partial charge in [0.1, 0.15) is 5.56 Å². The van der Waals surface area contributed by atoms with Crippen LogP contribution in [0.25, 0.3) is 11.9 Å². The molecular formula is C33H34F2N12O3. The van der Waals surface area contributed by atoms with E-state index >= 15 is 0 Å². The molecule has 0 radical (unpaired) electrons. The van der Waals surface area contributed by atoms with E-state index in [1.807, 2.05) is 12.1 Å². The fourth-order valence-corrected chi connectivity index (χ4v) is 5.20. The highest BCUT2D eigenvalue weighted by Crippen LogP contribution is 2.25. The van der Waals surface area contributed by atoms with Gasteiger partial charge in [-0.3, -0.25) is 14.2 Å². The molecule has 4 heterocycles. The fraction of sp³-hybridized carbons (Fsp3) is 0.242. The molecule has 50 heavy (non-hydrogen) atoms. The number of aromatic nitrogens is 7. The number of amides is 1. The summed E-state index contributed by atoms with van der Waals surface area (Å²) < 4.78 is 34.8. The molecule has 1 aliphatic rings. The number of carbonyl (C=O) groups excluding carboxylic acids is 1. The monoisotopic (exact) mass is 684 g/mol. The standard InChI is InChI=1S/C33H34F2N12O3/c1-44-12-14-45(15-13-44)23-8-6-22(7-9-23)40-33-42-32(36)47(43-33)29-27(50-2)18-39-28(41-29)4-3-11-38-30(48)24-17-37-20-46(31(24)49)19-21-5-10-25(34)26(35)16-21/h3-10,16-18,20H,11-15,19H2,1-2H3,(H,38,48)(H3,36,40,42,43). The fourth-order valence-electron chi connectivity index (χ4n) is 5.20. The first-order chi connectivity index (χ1) is 24.2. The van der Waals surface area contributed by atoms with Gasteiger partial charge < -0.3 is 30.9 Å². The number of anilines is 4. The summed E-state index contributed by atoms with van der Waals surface area (Å²) in [4.78, 5) is 47.4. The molecule has 3 aromatic heterocycles. The van der Waals surface area contributed by atoms with Crippen molar-refractivity contribution in [1.29, 1.82) is 0 Å². The van der Waals surface area contributed by atoms with Crippen LogP contribution in [0.5, 0.6) is 5.75 Å². The van der Waals surface area contributed by atoms with Crippen LogP contribution in [0.4, 0.5) is 32.1 Å². The first kappa shape index (κ1) is 33.7. The Hall–Kier alpha value is -6.23. The van der Waals surface area contributed by atoms with Crippen molar-refractivity contribution in [2.75, 3.05) is 62.8 Å². The molecular weight excluding hydrogens is 650 g/mol. The number of rotatable bonds is 11. The van der Waals surface area contributed by atoms with Gasteiger partial charge in [0.25, 0.3) is 11.5 Å². The van der Waals surface area contributed by atoms with Gasteiger partial charge in [0.15, 0.2) is 23.2 Å². The van der Waals surface area contributed by atoms with Crippen LogP contribution in [0.1, 0.15) is 21.7 Å². The Bertz CT molecular complexity index is 2080. The van der Waals surface area contributed by atoms with E-state index in [0.29, 0.717) is 11.3 Å². The number of halogens is 2. The van der Waals surface area contributed by atoms with Gasteiger partial charge in [-0.15, -0.1) is 5.10 Å². The minimum absolute atomic E-state index is 0.0220. The predicted octanol–water partition coefficient (Wildman–Crippen LogP) is 2.47. The van der Waals surface area contributed by atoms with Gasteiger partial charge in [0, 0.05) is 50.3 Å². The highest BCUT2D eigenvalue weighted by molar-refractivity contribution is 5.93. The molecule has 0 atom stereocenters. The van der Waals surface area contributed by atoms with E-state index in [4.69, 9.17) is 10.5 Å². The van der Waals surface area contributed by atoms with Crippen LogP contribution < -0.4 is 31.6 Å². The van der Waals surface area contributed by atoms with E-state index < -0.39 is 23.1 Å². The van der Waals surface area contributed by atoms with Gasteiger partial charge in [-0.1, -0.05) is 12.1 Å². The predicted molar refractivity (Wildman–Crippen MR) is 183 cm³/mol. The number of methoxy groups -OCH3 is 1. The van der Waals surface area contributed by atoms with Crippen molar-refractivity contribution in [3.8, 4) is 11.6 Å². The molecule has 1 aliphatic heterocycles. The molecule has 0 unspecified atom stereocenters. The SMILES string of the molecule is COc1cnc(C=CCNC(=O)c2cncn(Cc3ccc(F)c(F)c3)c2=O)nc1-n1nc(Nc2ccc(N3CCN(C)CC3)cc2)nc1N. The smallest absolute Gasteiger partial charge is 0.266 e. The summed E-state index contributed by atoms with van der Waals surface area (Å²) >= 11 is 0. The lowest BCUT2D eigenvalue weighted by Gasteiger charge is -2.34. The number of ether oxygens (including phenoxy) is 1. The van der Waals surface area contributed by atoms with Crippen molar-refractivity contribution >= 4 is 35.3 Å². The third-order valence-corrected chi connectivity index (χ3v) is 7.93. The van der Waals surface area contributed by atoms with Gasteiger partial charge in [0.05, 0.1) is 26.2 Å². The van der Waals surface area contributed by atoms with Crippen LogP contribution in [-0.2, 0) is 6.54 Å². The van der Waals surface area contributed by atoms with E-state index in [2.05, 4.69) is 64.6 Å². The summed E-state index contributed by atoms with van der Waals surface area (Å²) in [7, 11) is 3.59. The molecule has 6 rings (SSSR count). The third-order valence-electron chi connectivity index (χ3n) is 7.93. The molecule has 17 heteroatoms. The summed E-state index contributed by atoms with van der Waals surface area (Å²) in [5, 5.41) is 10.3. The van der Waals surface area contributed by atoms with Crippen molar-refractivity contribution in [1.82, 2.24) is 44.5 Å². The zero-order valence-corrected chi connectivity index (χ0v) is 27.3. The summed E-state index contributed by atoms with van der Waals surface area (Å²) in [6.45, 7) is 3.90. The second-order valence-corrected chi connectivity index (χ2v) is 11.4. The quantitative estimate of drug-likeness (QED) is 0.186. The summed E-state index contributed by atoms with van der Waals surface area (Å²) in [5.74, 6) is -1.59. The second kappa shape index (κ2) is 14.9. The highest BCUT2D eigenvalue weighted by Gasteiger charge is 2.18. The number of hydrogen-bond donors (Lipinski definition) is 3. The molecule has 1 saturated heterocycles. The average Bonchev–Trinajstić information content (AvgIpc) is 3.48. The first-order valence-corrected chi connectivity index (χ1v) is 15.6. The molecule has 2 aromatic carbocycles. The number of carbonyl (C=O) groups is 1. The van der Waals surface area contributed by atoms with E-state index in [9.17, 15) is 18.4 Å². The molecule has 0 aliphatic carbocycles. The molecule has 5 aromatic rings. The highest BCUT2D eigenvalue weighted by atomic mass is 19.2. The third kappa shape index (κ3) is 7.73. The second-order valence-electron chi connectivity index (χ2n) is 11.4. The van der Waals surface area contributed by atoms with Gasteiger partial charge in [-0.2, -0.15) is 9.67 Å². The normalized spacial score (nSPS) is 13.5. The number of hydrogen-bond acceptors (Lipinski definition) is 12. The number of likely N-dealkylation sites (N-methyl/N-ethyl adjacent to an activating group) is 1. The van der Waals surface area contributed by atoms with Crippen LogP contribution in [-0.4, -0.2) is 92.0 Å². The van der Waals surface area contributed by atoms with Crippen molar-refractivity contribution in [3.63, 3.8) is 0 Å². The Morgan fingerprint density at radius 1 is 1.04 bits per heavy atom. The van der Waals surface area contributed by atoms with Gasteiger partial charge >= 0.3 is 0 Å². The largest absolute Gasteiger partial charge is 0.491 e. The average molecular weight is 685 g/mol. The summed E-state index contributed by atoms with van der Waals surface area (Å²) in [5.41, 5.74) is 7.62. The minimum atomic E-state index is -1.04. The topological polar surface area (TPSA) is 174 Å². The summed E-state index contributed by atoms with van der Waals surface area (Å²) in [6.07, 6.45) is 6.95. The maximum Gasteiger partial charge on any atom is 0.266 e. The number of nitrogen functional groups attached to an aromatic ring is 1. The van der Waals surface area contributed by atoms with E-state index in [1.165, 1.54) is 30.4 Å². The number of benzene rings is 2. The maximum absolute atomic E-state index is 13.6. The lowest BCUT2D eigenvalue weighted by Crippen LogP contribution is -2.44. The number of nitrogens with two attached hydrogens (primary N) is 1. The zero-order chi connectivity index (χ0) is 35.2. The Kier molecular flexibility index (Phi) is 10.0. The van der Waals surface area contributed by atoms with Crippen molar-refractivity contribution in [2.45, 2.75) is 6.54 Å². The van der Waals surface area contributed by atoms with Crippen LogP contribution in [0, 0.1) is 11.6 Å². The van der Waals surface area contributed by atoms with Crippen LogP contribution >= 0.6 is 0 Å². The maximum atomic E-state index is 13.6. The van der Waals surface area contributed by atoms with Crippen LogP contribution in [0.3, 0.4) is 0 Å². The molecule has 0 saturated carbocycles. The molecule has 258 valence electrons. The zero-order valence-electron chi connectivity index (χ0n) is 27.3. The van der Waals surface area contributed by atoms with Crippen LogP contribution in [0.2, 0.25) is 0 Å². The number of piperazine rings is 1. The minimum Gasteiger partial charge on any atom is -0.491 e. The van der Waals surface area contributed by atoms with Crippen molar-refractivity contribution < 1.29 is 18.3 Å². The first-order valence-electron chi connectivity index (χ1n) is 15.6. The molecule has 0 spiro atoms. The number of nitrogens with one attached hydrogen (secondary N) is 2. The molecule has 4 N–H and O–H groups in total. The van der Waals surface area contributed by atoms with Crippen molar-refractivity contribution in [3.05, 3.63) is 106 Å². The Labute approximate surface area is 285 Å². The Morgan fingerprint density at radius 3 is 2.56 bits per heavy atom. The Balaban J connectivity index is 1.09. The van der Waals surface area contributed by atoms with E-state index in [0.717, 1.165) is 60.5 Å². The van der Waals surface area contributed by atoms with E-state index in [-0.39, 0.29) is 42.2 Å².